The molecular weight excluding hydrogens is 415 g/mol. The number of rotatable bonds is 5. The van der Waals surface area contributed by atoms with Gasteiger partial charge in [0.15, 0.2) is 5.54 Å². The molecule has 25 heavy (non-hydrogen) atoms. The topological polar surface area (TPSA) is 79.2 Å². The number of benzene rings is 1. The van der Waals surface area contributed by atoms with Crippen LogP contribution in [0.3, 0.4) is 0 Å². The molecule has 0 saturated heterocycles. The Morgan fingerprint density at radius 2 is 2.00 bits per heavy atom. The average molecular weight is 436 g/mol. The first kappa shape index (κ1) is 22.1. The summed E-state index contributed by atoms with van der Waals surface area (Å²) in [4.78, 5) is 25.0. The van der Waals surface area contributed by atoms with Gasteiger partial charge in [0.1, 0.15) is 0 Å². The van der Waals surface area contributed by atoms with Gasteiger partial charge in [0.2, 0.25) is 0 Å². The van der Waals surface area contributed by atoms with Gasteiger partial charge in [0, 0.05) is 45.6 Å². The van der Waals surface area contributed by atoms with Gasteiger partial charge in [0.25, 0.3) is 5.91 Å². The van der Waals surface area contributed by atoms with Crippen molar-refractivity contribution in [2.24, 2.45) is 0 Å². The molecule has 1 amide bonds. The van der Waals surface area contributed by atoms with Crippen molar-refractivity contribution in [3.8, 4) is 6.07 Å². The minimum absolute atomic E-state index is 0. The predicted octanol–water partition coefficient (Wildman–Crippen LogP) is 2.05. The van der Waals surface area contributed by atoms with Crippen LogP contribution in [0, 0.1) is 18.3 Å². The van der Waals surface area contributed by atoms with Crippen LogP contribution in [-0.4, -0.2) is 42.0 Å². The molecule has 1 N–H and O–H groups in total. The monoisotopic (exact) mass is 436 g/mol. The summed E-state index contributed by atoms with van der Waals surface area (Å²) < 4.78 is 5.16. The quantitative estimate of drug-likeness (QED) is 0.434. The summed E-state index contributed by atoms with van der Waals surface area (Å²) in [5, 5.41) is 12.0. The normalized spacial score (nSPS) is 14.7. The molecule has 1 saturated carbocycles. The molecule has 1 fully saturated rings. The zero-order valence-corrected chi connectivity index (χ0v) is 18.5. The Morgan fingerprint density at radius 3 is 2.44 bits per heavy atom. The third-order valence-electron chi connectivity index (χ3n) is 4.38. The van der Waals surface area contributed by atoms with Crippen molar-refractivity contribution in [3.05, 3.63) is 28.8 Å². The van der Waals surface area contributed by atoms with Crippen LogP contribution in [0.1, 0.15) is 41.3 Å². The molecule has 1 radical (unpaired) electrons. The molecule has 0 heterocycles. The van der Waals surface area contributed by atoms with E-state index in [1.54, 1.807) is 34.0 Å². The number of quaternary nitrogens is 1. The molecule has 2 rings (SSSR count). The minimum Gasteiger partial charge on any atom is -0.494 e. The van der Waals surface area contributed by atoms with Gasteiger partial charge in [-0.25, -0.2) is 4.79 Å². The smallest absolute Gasteiger partial charge is 0.340 e. The Hall–Kier alpha value is -0.936. The molecule has 1 aliphatic carbocycles. The number of nitrogens with one attached hydrogen (secondary N) is 1. The van der Waals surface area contributed by atoms with E-state index in [-0.39, 0.29) is 54.7 Å². The number of amides is 1. The zero-order valence-electron chi connectivity index (χ0n) is 14.9. The maximum Gasteiger partial charge on any atom is 0.340 e. The molecule has 131 valence electrons. The van der Waals surface area contributed by atoms with Crippen molar-refractivity contribution in [1.82, 2.24) is 0 Å². The van der Waals surface area contributed by atoms with Crippen LogP contribution in [0.4, 0.5) is 5.69 Å². The first-order valence-electron chi connectivity index (χ1n) is 7.74. The molecule has 1 aliphatic rings. The maximum absolute atomic E-state index is 12.8. The molecule has 0 unspecified atom stereocenters. The SMILES string of the molecule is CCOC(=O)c1cc(C#N)cc(C)c1NC(=O)C1([N+](C)(C)[S-])CC1.[Y]. The van der Waals surface area contributed by atoms with E-state index in [0.29, 0.717) is 29.7 Å². The summed E-state index contributed by atoms with van der Waals surface area (Å²) in [6, 6.07) is 5.08. The molecule has 6 nitrogen and oxygen atoms in total. The fourth-order valence-electron chi connectivity index (χ4n) is 2.75. The number of anilines is 1. The van der Waals surface area contributed by atoms with Crippen molar-refractivity contribution in [3.63, 3.8) is 0 Å². The van der Waals surface area contributed by atoms with E-state index in [1.807, 2.05) is 6.07 Å². The molecule has 1 aromatic carbocycles. The van der Waals surface area contributed by atoms with E-state index < -0.39 is 11.5 Å². The standard InChI is InChI=1S/C17H21N3O3S.Y/c1-5-23-15(21)13-9-12(10-18)8-11(2)14(13)19-16(22)17(6-7-17)20(3,4)24;/h8-9H,5-7H2,1-4H3,(H,19,22);. The number of aryl methyl sites for hydroxylation is 1. The molecular formula is C17H21N3O3SY. The van der Waals surface area contributed by atoms with Gasteiger partial charge in [-0.15, -0.1) is 0 Å². The van der Waals surface area contributed by atoms with E-state index in [2.05, 4.69) is 5.32 Å². The number of ether oxygens (including phenoxy) is 1. The molecule has 1 aromatic rings. The third-order valence-corrected chi connectivity index (χ3v) is 4.73. The van der Waals surface area contributed by atoms with Gasteiger partial charge in [-0.05, 0) is 31.5 Å². The van der Waals surface area contributed by atoms with E-state index >= 15 is 0 Å². The summed E-state index contributed by atoms with van der Waals surface area (Å²) in [5.74, 6) is -0.772. The van der Waals surface area contributed by atoms with Gasteiger partial charge < -0.3 is 26.8 Å². The summed E-state index contributed by atoms with van der Waals surface area (Å²) in [6.07, 6.45) is 1.42. The van der Waals surface area contributed by atoms with Crippen molar-refractivity contribution in [2.45, 2.75) is 32.2 Å². The largest absolute Gasteiger partial charge is 0.494 e. The van der Waals surface area contributed by atoms with Crippen LogP contribution >= 0.6 is 0 Å². The van der Waals surface area contributed by atoms with E-state index in [4.69, 9.17) is 22.8 Å². The second-order valence-electron chi connectivity index (χ2n) is 6.38. The number of nitrogens with zero attached hydrogens (tertiary/aromatic N) is 2. The van der Waals surface area contributed by atoms with Gasteiger partial charge >= 0.3 is 5.97 Å². The number of esters is 1. The van der Waals surface area contributed by atoms with Crippen LogP contribution in [0.2, 0.25) is 0 Å². The summed E-state index contributed by atoms with van der Waals surface area (Å²) in [7, 11) is 3.61. The number of hydrogen-bond acceptors (Lipinski definition) is 5. The Morgan fingerprint density at radius 1 is 1.40 bits per heavy atom. The van der Waals surface area contributed by atoms with E-state index in [1.165, 1.54) is 6.07 Å². The molecule has 0 aromatic heterocycles. The molecule has 0 bridgehead atoms. The van der Waals surface area contributed by atoms with Crippen molar-refractivity contribution in [2.75, 3.05) is 26.0 Å². The molecule has 8 heteroatoms. The zero-order chi connectivity index (χ0) is 18.1. The second-order valence-corrected chi connectivity index (χ2v) is 7.30. The Balaban J connectivity index is 0.00000312. The Bertz CT molecular complexity index is 734. The van der Waals surface area contributed by atoms with Crippen molar-refractivity contribution in [1.29, 1.82) is 5.26 Å². The number of likely N-dealkylation sites (N-methyl/N-ethyl adjacent to an activating group) is 1. The van der Waals surface area contributed by atoms with E-state index in [0.717, 1.165) is 0 Å². The van der Waals surface area contributed by atoms with Crippen LogP contribution in [0.5, 0.6) is 0 Å². The maximum atomic E-state index is 12.8. The fourth-order valence-corrected chi connectivity index (χ4v) is 3.01. The van der Waals surface area contributed by atoms with Gasteiger partial charge in [0.05, 0.1) is 43.6 Å². The van der Waals surface area contributed by atoms with E-state index in [9.17, 15) is 9.59 Å². The number of carbonyl (C=O) groups excluding carboxylic acids is 2. The Labute approximate surface area is 178 Å². The van der Waals surface area contributed by atoms with Crippen LogP contribution < -0.4 is 5.32 Å². The van der Waals surface area contributed by atoms with Gasteiger partial charge in [-0.2, -0.15) is 5.26 Å². The molecule has 0 spiro atoms. The summed E-state index contributed by atoms with van der Waals surface area (Å²) >= 11 is 5.42. The van der Waals surface area contributed by atoms with Gasteiger partial charge in [-0.3, -0.25) is 4.79 Å². The summed E-state index contributed by atoms with van der Waals surface area (Å²) in [6.45, 7) is 3.65. The van der Waals surface area contributed by atoms with Crippen LogP contribution in [-0.2, 0) is 55.1 Å². The minimum atomic E-state index is -0.651. The first-order valence-corrected chi connectivity index (χ1v) is 8.11. The van der Waals surface area contributed by atoms with Crippen LogP contribution in [0.15, 0.2) is 12.1 Å². The third kappa shape index (κ3) is 4.43. The molecule has 0 aliphatic heterocycles. The number of carbonyl (C=O) groups is 2. The summed E-state index contributed by atoms with van der Waals surface area (Å²) in [5.41, 5.74) is 0.895. The first-order chi connectivity index (χ1) is 11.2. The molecule has 0 atom stereocenters. The fraction of sp³-hybridized carbons (Fsp3) is 0.471. The second kappa shape index (κ2) is 8.17. The van der Waals surface area contributed by atoms with Crippen molar-refractivity contribution < 1.29 is 50.9 Å². The average Bonchev–Trinajstić information content (AvgIpc) is 3.30. The number of hydrogen-bond donors (Lipinski definition) is 1. The van der Waals surface area contributed by atoms with Crippen molar-refractivity contribution >= 4 is 30.4 Å². The van der Waals surface area contributed by atoms with Gasteiger partial charge in [-0.1, -0.05) is 0 Å². The predicted molar refractivity (Wildman–Crippen MR) is 91.9 cm³/mol. The van der Waals surface area contributed by atoms with Crippen LogP contribution in [0.25, 0.3) is 0 Å². The number of nitriles is 1. The Kier molecular flexibility index (Phi) is 7.23.